The lowest BCUT2D eigenvalue weighted by atomic mass is 10.1. The second-order valence-corrected chi connectivity index (χ2v) is 7.23. The van der Waals surface area contributed by atoms with Crippen molar-refractivity contribution in [3.8, 4) is 5.75 Å². The number of anilines is 1. The van der Waals surface area contributed by atoms with Crippen molar-refractivity contribution in [2.24, 2.45) is 10.7 Å². The molecule has 2 aromatic carbocycles. The fourth-order valence-corrected chi connectivity index (χ4v) is 3.37. The molecule has 0 unspecified atom stereocenters. The maximum absolute atomic E-state index is 5.99. The predicted molar refractivity (Wildman–Crippen MR) is 133 cm³/mol. The van der Waals surface area contributed by atoms with Crippen LogP contribution in [0.25, 0.3) is 0 Å². The van der Waals surface area contributed by atoms with E-state index < -0.39 is 0 Å². The molecule has 1 saturated heterocycles. The van der Waals surface area contributed by atoms with Crippen LogP contribution in [0.3, 0.4) is 0 Å². The van der Waals surface area contributed by atoms with Crippen LogP contribution >= 0.6 is 24.0 Å². The molecule has 0 atom stereocenters. The van der Waals surface area contributed by atoms with Crippen molar-refractivity contribution in [2.45, 2.75) is 32.6 Å². The molecule has 1 heterocycles. The van der Waals surface area contributed by atoms with Gasteiger partial charge in [-0.15, -0.1) is 24.0 Å². The van der Waals surface area contributed by atoms with E-state index in [-0.39, 0.29) is 24.0 Å². The van der Waals surface area contributed by atoms with Gasteiger partial charge >= 0.3 is 0 Å². The van der Waals surface area contributed by atoms with Crippen LogP contribution in [0.2, 0.25) is 0 Å². The number of nitrogens with two attached hydrogens (primary N) is 1. The fourth-order valence-electron chi connectivity index (χ4n) is 3.37. The number of nitrogens with one attached hydrogen (secondary N) is 1. The minimum Gasteiger partial charge on any atom is -0.492 e. The zero-order valence-corrected chi connectivity index (χ0v) is 19.6. The van der Waals surface area contributed by atoms with Gasteiger partial charge in [-0.2, -0.15) is 0 Å². The zero-order valence-electron chi connectivity index (χ0n) is 17.3. The number of nitrogens with zero attached hydrogens (tertiary/aromatic N) is 2. The first-order valence-electron chi connectivity index (χ1n) is 10.3. The molecule has 3 rings (SSSR count). The highest BCUT2D eigenvalue weighted by atomic mass is 127. The average Bonchev–Trinajstić information content (AvgIpc) is 3.23. The topological polar surface area (TPSA) is 62.9 Å². The van der Waals surface area contributed by atoms with Crippen molar-refractivity contribution in [1.82, 2.24) is 4.90 Å². The van der Waals surface area contributed by atoms with Crippen molar-refractivity contribution in [2.75, 3.05) is 38.1 Å². The molecule has 0 amide bonds. The molecule has 0 saturated carbocycles. The van der Waals surface area contributed by atoms with E-state index in [9.17, 15) is 0 Å². The molecule has 1 fully saturated rings. The molecule has 6 heteroatoms. The van der Waals surface area contributed by atoms with Crippen molar-refractivity contribution >= 4 is 35.6 Å². The lowest BCUT2D eigenvalue weighted by molar-refractivity contribution is 0.238. The summed E-state index contributed by atoms with van der Waals surface area (Å²) in [5.41, 5.74) is 9.49. The van der Waals surface area contributed by atoms with E-state index in [1.807, 2.05) is 24.3 Å². The van der Waals surface area contributed by atoms with Gasteiger partial charge in [-0.3, -0.25) is 9.89 Å². The van der Waals surface area contributed by atoms with Crippen LogP contribution in [0, 0.1) is 0 Å². The Hall–Kier alpha value is -1.80. The van der Waals surface area contributed by atoms with E-state index in [4.69, 9.17) is 10.5 Å². The fraction of sp³-hybridized carbons (Fsp3) is 0.435. The van der Waals surface area contributed by atoms with Gasteiger partial charge in [0.2, 0.25) is 0 Å². The Morgan fingerprint density at radius 1 is 1.03 bits per heavy atom. The third kappa shape index (κ3) is 8.22. The summed E-state index contributed by atoms with van der Waals surface area (Å²) in [4.78, 5) is 6.88. The van der Waals surface area contributed by atoms with Crippen molar-refractivity contribution < 1.29 is 4.74 Å². The minimum absolute atomic E-state index is 0. The molecule has 2 aromatic rings. The summed E-state index contributed by atoms with van der Waals surface area (Å²) in [6.45, 7) is 7.00. The van der Waals surface area contributed by atoms with Crippen LogP contribution in [0.4, 0.5) is 5.69 Å². The first kappa shape index (κ1) is 23.5. The van der Waals surface area contributed by atoms with E-state index in [1.165, 1.54) is 37.1 Å². The van der Waals surface area contributed by atoms with E-state index in [0.29, 0.717) is 12.5 Å². The maximum Gasteiger partial charge on any atom is 0.193 e. The highest BCUT2D eigenvalue weighted by Crippen LogP contribution is 2.14. The van der Waals surface area contributed by atoms with Gasteiger partial charge in [0.1, 0.15) is 12.4 Å². The summed E-state index contributed by atoms with van der Waals surface area (Å²) < 4.78 is 5.85. The zero-order chi connectivity index (χ0) is 19.6. The third-order valence-corrected chi connectivity index (χ3v) is 5.12. The number of hydrogen-bond donors (Lipinski definition) is 2. The van der Waals surface area contributed by atoms with E-state index >= 15 is 0 Å². The van der Waals surface area contributed by atoms with Crippen LogP contribution in [0.15, 0.2) is 53.5 Å². The second kappa shape index (κ2) is 12.7. The Balaban J connectivity index is 0.00000300. The smallest absolute Gasteiger partial charge is 0.193 e. The van der Waals surface area contributed by atoms with Gasteiger partial charge in [0.15, 0.2) is 5.96 Å². The monoisotopic (exact) mass is 508 g/mol. The largest absolute Gasteiger partial charge is 0.492 e. The number of benzene rings is 2. The Labute approximate surface area is 191 Å². The molecule has 0 bridgehead atoms. The highest BCUT2D eigenvalue weighted by molar-refractivity contribution is 14.0. The van der Waals surface area contributed by atoms with Crippen LogP contribution in [-0.4, -0.2) is 43.6 Å². The van der Waals surface area contributed by atoms with Crippen molar-refractivity contribution in [1.29, 1.82) is 0 Å². The summed E-state index contributed by atoms with van der Waals surface area (Å²) in [5, 5.41) is 3.14. The number of rotatable bonds is 9. The first-order valence-corrected chi connectivity index (χ1v) is 10.3. The van der Waals surface area contributed by atoms with Gasteiger partial charge in [-0.05, 0) is 74.2 Å². The third-order valence-electron chi connectivity index (χ3n) is 5.12. The van der Waals surface area contributed by atoms with Gasteiger partial charge in [0.05, 0.1) is 0 Å². The Bertz CT molecular complexity index is 740. The molecule has 3 N–H and O–H groups in total. The van der Waals surface area contributed by atoms with Crippen LogP contribution in [0.1, 0.15) is 30.9 Å². The lowest BCUT2D eigenvalue weighted by Gasteiger charge is -2.15. The quantitative estimate of drug-likeness (QED) is 0.301. The molecule has 29 heavy (non-hydrogen) atoms. The number of aliphatic imine (C=N–C) groups is 1. The van der Waals surface area contributed by atoms with Gasteiger partial charge < -0.3 is 15.8 Å². The minimum atomic E-state index is 0. The second-order valence-electron chi connectivity index (χ2n) is 7.23. The standard InChI is InChI=1S/C23H32N4O.HI/c1-2-19-5-9-21(10-6-19)26-23(24)25-14-13-20-7-11-22(12-8-20)28-18-17-27-15-3-4-16-27;/h5-12H,2-4,13-18H2,1H3,(H3,24,25,26);1H. The molecule has 1 aliphatic heterocycles. The van der Waals surface area contributed by atoms with E-state index in [2.05, 4.69) is 46.4 Å². The number of hydrogen-bond acceptors (Lipinski definition) is 3. The normalized spacial score (nSPS) is 14.4. The van der Waals surface area contributed by atoms with Crippen LogP contribution in [-0.2, 0) is 12.8 Å². The van der Waals surface area contributed by atoms with Crippen LogP contribution < -0.4 is 15.8 Å². The van der Waals surface area contributed by atoms with Crippen LogP contribution in [0.5, 0.6) is 5.75 Å². The number of halogens is 1. The molecule has 0 aromatic heterocycles. The summed E-state index contributed by atoms with van der Waals surface area (Å²) in [6.07, 6.45) is 4.53. The summed E-state index contributed by atoms with van der Waals surface area (Å²) in [6, 6.07) is 16.6. The summed E-state index contributed by atoms with van der Waals surface area (Å²) in [5.74, 6) is 1.38. The number of aryl methyl sites for hydroxylation is 1. The Kier molecular flexibility index (Phi) is 10.3. The summed E-state index contributed by atoms with van der Waals surface area (Å²) in [7, 11) is 0. The molecule has 1 aliphatic rings. The van der Waals surface area contributed by atoms with E-state index in [1.54, 1.807) is 0 Å². The predicted octanol–water partition coefficient (Wildman–Crippen LogP) is 4.31. The van der Waals surface area contributed by atoms with Gasteiger partial charge in [-0.25, -0.2) is 0 Å². The molecular formula is C23H33IN4O. The SMILES string of the molecule is CCc1ccc(NC(N)=NCCc2ccc(OCCN3CCCC3)cc2)cc1.I. The van der Waals surface area contributed by atoms with Gasteiger partial charge in [-0.1, -0.05) is 31.2 Å². The van der Waals surface area contributed by atoms with Crippen molar-refractivity contribution in [3.63, 3.8) is 0 Å². The highest BCUT2D eigenvalue weighted by Gasteiger charge is 2.10. The van der Waals surface area contributed by atoms with Gasteiger partial charge in [0, 0.05) is 18.8 Å². The number of likely N-dealkylation sites (tertiary alicyclic amines) is 1. The lowest BCUT2D eigenvalue weighted by Crippen LogP contribution is -2.25. The molecule has 0 aliphatic carbocycles. The maximum atomic E-state index is 5.99. The molecular weight excluding hydrogens is 475 g/mol. The van der Waals surface area contributed by atoms with Crippen molar-refractivity contribution in [3.05, 3.63) is 59.7 Å². The number of guanidine groups is 1. The Morgan fingerprint density at radius 3 is 2.34 bits per heavy atom. The molecule has 158 valence electrons. The molecule has 5 nitrogen and oxygen atoms in total. The average molecular weight is 508 g/mol. The first-order chi connectivity index (χ1) is 13.7. The van der Waals surface area contributed by atoms with E-state index in [0.717, 1.165) is 37.4 Å². The molecule has 0 spiro atoms. The van der Waals surface area contributed by atoms with Gasteiger partial charge in [0.25, 0.3) is 0 Å². The number of ether oxygens (including phenoxy) is 1. The Morgan fingerprint density at radius 2 is 1.69 bits per heavy atom. The molecule has 0 radical (unpaired) electrons. The summed E-state index contributed by atoms with van der Waals surface area (Å²) >= 11 is 0.